The van der Waals surface area contributed by atoms with E-state index in [0.29, 0.717) is 43.2 Å². The minimum absolute atomic E-state index is 0.127. The third kappa shape index (κ3) is 6.67. The van der Waals surface area contributed by atoms with E-state index < -0.39 is 0 Å². The number of phenols is 2. The number of aromatic hydroxyl groups is 2. The van der Waals surface area contributed by atoms with Crippen molar-refractivity contribution in [3.63, 3.8) is 0 Å². The second-order valence-corrected chi connectivity index (χ2v) is 9.61. The van der Waals surface area contributed by atoms with Gasteiger partial charge in [0.15, 0.2) is 17.3 Å². The number of pyridine rings is 1. The molecule has 5 N–H and O–H groups in total. The van der Waals surface area contributed by atoms with E-state index in [4.69, 9.17) is 15.5 Å². The number of imidazole rings is 1. The van der Waals surface area contributed by atoms with Crippen LogP contribution in [-0.2, 0) is 28.9 Å². The third-order valence-electron chi connectivity index (χ3n) is 6.73. The smallest absolute Gasteiger partial charge is 0.243 e. The van der Waals surface area contributed by atoms with Gasteiger partial charge in [-0.3, -0.25) is 4.79 Å². The van der Waals surface area contributed by atoms with E-state index in [9.17, 15) is 15.0 Å². The first-order valence-electron chi connectivity index (χ1n) is 13.5. The number of hydrogen-bond donors (Lipinski definition) is 4. The van der Waals surface area contributed by atoms with Crippen molar-refractivity contribution in [3.05, 3.63) is 66.0 Å². The number of unbranched alkanes of at least 4 members (excludes halogenated alkanes) is 1. The fourth-order valence-corrected chi connectivity index (χ4v) is 4.67. The van der Waals surface area contributed by atoms with Gasteiger partial charge >= 0.3 is 0 Å². The van der Waals surface area contributed by atoms with Gasteiger partial charge in [-0.2, -0.15) is 0 Å². The van der Waals surface area contributed by atoms with Gasteiger partial charge in [0.2, 0.25) is 5.91 Å². The molecule has 2 aromatic heterocycles. The predicted molar refractivity (Wildman–Crippen MR) is 154 cm³/mol. The number of nitrogens with one attached hydrogen (secondary N) is 1. The van der Waals surface area contributed by atoms with Crippen molar-refractivity contribution in [2.75, 3.05) is 25.5 Å². The molecule has 0 bridgehead atoms. The first kappa shape index (κ1) is 27.9. The van der Waals surface area contributed by atoms with Crippen molar-refractivity contribution >= 4 is 33.7 Å². The standard InChI is InChI=1S/C30H37N5O4/c1-3-5-12-25-34-27-28(35(25)19-21-10-6-11-24(36)29(21)38)22-14-13-20(18-23(22)33-30(27)31)9-7-16-39-17-8-15-32-26(37)4-2/h4,6,10-11,13-14,18,36,38H,2-3,5,7-9,12,15-17,19H2,1H3,(H2,31,33)(H,32,37). The molecular weight excluding hydrogens is 494 g/mol. The lowest BCUT2D eigenvalue weighted by Gasteiger charge is -2.13. The average Bonchev–Trinajstić information content (AvgIpc) is 3.30. The van der Waals surface area contributed by atoms with Crippen LogP contribution in [0, 0.1) is 0 Å². The number of rotatable bonds is 14. The number of nitrogen functional groups attached to an aromatic ring is 1. The highest BCUT2D eigenvalue weighted by molar-refractivity contribution is 6.06. The number of phenolic OH excluding ortho intramolecular Hbond substituents is 2. The molecule has 0 spiro atoms. The summed E-state index contributed by atoms with van der Waals surface area (Å²) < 4.78 is 7.79. The Hall–Kier alpha value is -4.11. The first-order valence-corrected chi connectivity index (χ1v) is 13.5. The molecule has 2 aromatic carbocycles. The maximum absolute atomic E-state index is 11.2. The highest BCUT2D eigenvalue weighted by Crippen LogP contribution is 2.34. The van der Waals surface area contributed by atoms with Gasteiger partial charge in [0.05, 0.1) is 17.6 Å². The maximum atomic E-state index is 11.2. The maximum Gasteiger partial charge on any atom is 0.243 e. The zero-order chi connectivity index (χ0) is 27.8. The quantitative estimate of drug-likeness (QED) is 0.106. The number of benzene rings is 2. The highest BCUT2D eigenvalue weighted by atomic mass is 16.5. The summed E-state index contributed by atoms with van der Waals surface area (Å²) in [7, 11) is 0. The van der Waals surface area contributed by atoms with Gasteiger partial charge < -0.3 is 30.6 Å². The molecule has 9 heteroatoms. The Kier molecular flexibility index (Phi) is 9.38. The molecule has 0 radical (unpaired) electrons. The molecule has 0 fully saturated rings. The van der Waals surface area contributed by atoms with Crippen molar-refractivity contribution < 1.29 is 19.7 Å². The molecule has 39 heavy (non-hydrogen) atoms. The number of nitrogens with zero attached hydrogens (tertiary/aromatic N) is 3. The number of nitrogens with two attached hydrogens (primary N) is 1. The summed E-state index contributed by atoms with van der Waals surface area (Å²) in [6.45, 7) is 7.70. The highest BCUT2D eigenvalue weighted by Gasteiger charge is 2.19. The van der Waals surface area contributed by atoms with Gasteiger partial charge in [-0.15, -0.1) is 0 Å². The molecule has 206 valence electrons. The summed E-state index contributed by atoms with van der Waals surface area (Å²) in [4.78, 5) is 20.7. The fourth-order valence-electron chi connectivity index (χ4n) is 4.67. The molecule has 9 nitrogen and oxygen atoms in total. The van der Waals surface area contributed by atoms with E-state index in [1.165, 1.54) is 12.1 Å². The number of aromatic nitrogens is 3. The van der Waals surface area contributed by atoms with Crippen LogP contribution >= 0.6 is 0 Å². The largest absolute Gasteiger partial charge is 0.504 e. The normalized spacial score (nSPS) is 11.3. The molecule has 2 heterocycles. The summed E-state index contributed by atoms with van der Waals surface area (Å²) >= 11 is 0. The SMILES string of the molecule is C=CC(=O)NCCCOCCCc1ccc2c(c1)nc(N)c1nc(CCCC)n(Cc3cccc(O)c3O)c12. The van der Waals surface area contributed by atoms with Crippen LogP contribution in [0.4, 0.5) is 5.82 Å². The Morgan fingerprint density at radius 2 is 1.95 bits per heavy atom. The topological polar surface area (TPSA) is 136 Å². The molecule has 0 aliphatic rings. The number of carbonyl (C=O) groups excluding carboxylic acids is 1. The molecular formula is C30H37N5O4. The van der Waals surface area contributed by atoms with Crippen LogP contribution in [0.25, 0.3) is 21.9 Å². The molecule has 1 amide bonds. The number of aryl methyl sites for hydroxylation is 2. The molecule has 0 aliphatic carbocycles. The Morgan fingerprint density at radius 3 is 2.74 bits per heavy atom. The van der Waals surface area contributed by atoms with Gasteiger partial charge in [0.1, 0.15) is 11.3 Å². The van der Waals surface area contributed by atoms with Crippen LogP contribution in [0.2, 0.25) is 0 Å². The van der Waals surface area contributed by atoms with Crippen molar-refractivity contribution in [1.29, 1.82) is 0 Å². The predicted octanol–water partition coefficient (Wildman–Crippen LogP) is 4.61. The zero-order valence-corrected chi connectivity index (χ0v) is 22.4. The summed E-state index contributed by atoms with van der Waals surface area (Å²) in [5, 5.41) is 24.2. The summed E-state index contributed by atoms with van der Waals surface area (Å²) in [5.74, 6) is 0.805. The van der Waals surface area contributed by atoms with E-state index >= 15 is 0 Å². The number of para-hydroxylation sites is 1. The van der Waals surface area contributed by atoms with E-state index in [-0.39, 0.29) is 17.4 Å². The number of carbonyl (C=O) groups is 1. The van der Waals surface area contributed by atoms with Gasteiger partial charge in [0, 0.05) is 37.1 Å². The summed E-state index contributed by atoms with van der Waals surface area (Å²) in [6.07, 6.45) is 6.47. The third-order valence-corrected chi connectivity index (χ3v) is 6.73. The summed E-state index contributed by atoms with van der Waals surface area (Å²) in [5.41, 5.74) is 10.5. The Morgan fingerprint density at radius 1 is 1.13 bits per heavy atom. The van der Waals surface area contributed by atoms with Crippen LogP contribution in [0.15, 0.2) is 49.1 Å². The van der Waals surface area contributed by atoms with Crippen molar-refractivity contribution in [2.24, 2.45) is 0 Å². The molecule has 0 unspecified atom stereocenters. The summed E-state index contributed by atoms with van der Waals surface area (Å²) in [6, 6.07) is 11.2. The van der Waals surface area contributed by atoms with Crippen LogP contribution in [0.1, 0.15) is 49.6 Å². The lowest BCUT2D eigenvalue weighted by atomic mass is 10.1. The van der Waals surface area contributed by atoms with E-state index in [2.05, 4.69) is 46.6 Å². The van der Waals surface area contributed by atoms with Crippen molar-refractivity contribution in [2.45, 2.75) is 52.0 Å². The Balaban J connectivity index is 1.54. The van der Waals surface area contributed by atoms with Gasteiger partial charge in [0.25, 0.3) is 0 Å². The van der Waals surface area contributed by atoms with E-state index in [1.807, 2.05) is 0 Å². The van der Waals surface area contributed by atoms with Gasteiger partial charge in [-0.25, -0.2) is 9.97 Å². The van der Waals surface area contributed by atoms with Crippen molar-refractivity contribution in [3.8, 4) is 11.5 Å². The van der Waals surface area contributed by atoms with Crippen molar-refractivity contribution in [1.82, 2.24) is 19.9 Å². The molecule has 4 aromatic rings. The number of ether oxygens (including phenoxy) is 1. The minimum Gasteiger partial charge on any atom is -0.504 e. The number of amides is 1. The van der Waals surface area contributed by atoms with Crippen LogP contribution in [0.3, 0.4) is 0 Å². The van der Waals surface area contributed by atoms with E-state index in [0.717, 1.165) is 66.3 Å². The number of anilines is 1. The average molecular weight is 532 g/mol. The molecule has 0 atom stereocenters. The molecule has 0 saturated heterocycles. The second kappa shape index (κ2) is 13.1. The molecule has 0 aliphatic heterocycles. The minimum atomic E-state index is -0.171. The van der Waals surface area contributed by atoms with E-state index in [1.54, 1.807) is 12.1 Å². The lowest BCUT2D eigenvalue weighted by Crippen LogP contribution is -2.22. The Bertz CT molecular complexity index is 1460. The van der Waals surface area contributed by atoms with Crippen LogP contribution in [0.5, 0.6) is 11.5 Å². The van der Waals surface area contributed by atoms with Gasteiger partial charge in [-0.1, -0.05) is 44.2 Å². The lowest BCUT2D eigenvalue weighted by molar-refractivity contribution is -0.116. The molecule has 0 saturated carbocycles. The van der Waals surface area contributed by atoms with Crippen LogP contribution in [-0.4, -0.2) is 50.4 Å². The number of hydrogen-bond acceptors (Lipinski definition) is 7. The second-order valence-electron chi connectivity index (χ2n) is 9.61. The van der Waals surface area contributed by atoms with Crippen LogP contribution < -0.4 is 11.1 Å². The zero-order valence-electron chi connectivity index (χ0n) is 22.4. The molecule has 4 rings (SSSR count). The fraction of sp³-hybridized carbons (Fsp3) is 0.367. The first-order chi connectivity index (χ1) is 18.9. The van der Waals surface area contributed by atoms with Gasteiger partial charge in [-0.05, 0) is 49.5 Å². The number of fused-ring (bicyclic) bond motifs is 3. The monoisotopic (exact) mass is 531 g/mol. The Labute approximate surface area is 228 Å².